The van der Waals surface area contributed by atoms with E-state index in [1.54, 1.807) is 11.1 Å². The molecule has 0 aliphatic carbocycles. The highest BCUT2D eigenvalue weighted by Gasteiger charge is 2.15. The molecule has 0 saturated heterocycles. The van der Waals surface area contributed by atoms with Crippen LogP contribution in [0.25, 0.3) is 0 Å². The first kappa shape index (κ1) is 10.8. The summed E-state index contributed by atoms with van der Waals surface area (Å²) < 4.78 is 0. The molecule has 0 aromatic carbocycles. The quantitative estimate of drug-likeness (QED) is 0.646. The van der Waals surface area contributed by atoms with Gasteiger partial charge in [0.05, 0.1) is 0 Å². The third-order valence-electron chi connectivity index (χ3n) is 2.92. The SMILES string of the molecule is CC(C)C1=C(C(C)C)CNCCC1. The maximum absolute atomic E-state index is 3.51. The van der Waals surface area contributed by atoms with E-state index in [0.717, 1.165) is 12.5 Å². The van der Waals surface area contributed by atoms with Crippen molar-refractivity contribution in [2.24, 2.45) is 11.8 Å². The molecule has 0 bridgehead atoms. The first-order valence-corrected chi connectivity index (χ1v) is 5.55. The molecule has 0 radical (unpaired) electrons. The first-order valence-electron chi connectivity index (χ1n) is 5.55. The summed E-state index contributed by atoms with van der Waals surface area (Å²) in [4.78, 5) is 0. The standard InChI is InChI=1S/C12H23N/c1-9(2)11-6-5-7-13-8-12(11)10(3)4/h9-10,13H,5-8H2,1-4H3. The van der Waals surface area contributed by atoms with E-state index >= 15 is 0 Å². The smallest absolute Gasteiger partial charge is 0.0169 e. The van der Waals surface area contributed by atoms with E-state index in [4.69, 9.17) is 0 Å². The molecular formula is C12H23N. The number of rotatable bonds is 2. The molecular weight excluding hydrogens is 158 g/mol. The van der Waals surface area contributed by atoms with Crippen LogP contribution in [-0.4, -0.2) is 13.1 Å². The molecule has 1 aliphatic rings. The fourth-order valence-corrected chi connectivity index (χ4v) is 2.14. The molecule has 1 aliphatic heterocycles. The Morgan fingerprint density at radius 2 is 1.62 bits per heavy atom. The highest BCUT2D eigenvalue weighted by atomic mass is 14.9. The van der Waals surface area contributed by atoms with Gasteiger partial charge in [0, 0.05) is 6.54 Å². The molecule has 0 aromatic rings. The molecule has 1 nitrogen and oxygen atoms in total. The van der Waals surface area contributed by atoms with Gasteiger partial charge in [0.15, 0.2) is 0 Å². The summed E-state index contributed by atoms with van der Waals surface area (Å²) in [5.41, 5.74) is 3.37. The molecule has 0 spiro atoms. The van der Waals surface area contributed by atoms with Crippen molar-refractivity contribution in [2.75, 3.05) is 13.1 Å². The second kappa shape index (κ2) is 4.80. The van der Waals surface area contributed by atoms with Gasteiger partial charge in [-0.15, -0.1) is 0 Å². The molecule has 1 heterocycles. The van der Waals surface area contributed by atoms with Gasteiger partial charge in [-0.3, -0.25) is 0 Å². The molecule has 0 amide bonds. The summed E-state index contributed by atoms with van der Waals surface area (Å²) in [6.45, 7) is 11.6. The van der Waals surface area contributed by atoms with Gasteiger partial charge in [0.2, 0.25) is 0 Å². The average molecular weight is 181 g/mol. The van der Waals surface area contributed by atoms with Crippen LogP contribution in [0.1, 0.15) is 40.5 Å². The summed E-state index contributed by atoms with van der Waals surface area (Å²) in [7, 11) is 0. The zero-order chi connectivity index (χ0) is 9.84. The van der Waals surface area contributed by atoms with Crippen LogP contribution >= 0.6 is 0 Å². The number of hydrogen-bond donors (Lipinski definition) is 1. The third kappa shape index (κ3) is 2.84. The molecule has 0 saturated carbocycles. The van der Waals surface area contributed by atoms with Gasteiger partial charge < -0.3 is 5.32 Å². The van der Waals surface area contributed by atoms with Crippen LogP contribution in [0.3, 0.4) is 0 Å². The monoisotopic (exact) mass is 181 g/mol. The largest absolute Gasteiger partial charge is 0.313 e. The van der Waals surface area contributed by atoms with Crippen molar-refractivity contribution in [2.45, 2.75) is 40.5 Å². The predicted octanol–water partition coefficient (Wildman–Crippen LogP) is 2.98. The Bertz CT molecular complexity index is 169. The molecule has 1 N–H and O–H groups in total. The second-order valence-electron chi connectivity index (χ2n) is 4.64. The van der Waals surface area contributed by atoms with Crippen molar-refractivity contribution < 1.29 is 0 Å². The average Bonchev–Trinajstić information content (AvgIpc) is 2.27. The lowest BCUT2D eigenvalue weighted by Crippen LogP contribution is -2.19. The van der Waals surface area contributed by atoms with E-state index in [9.17, 15) is 0 Å². The second-order valence-corrected chi connectivity index (χ2v) is 4.64. The maximum Gasteiger partial charge on any atom is 0.0169 e. The normalized spacial score (nSPS) is 19.8. The molecule has 76 valence electrons. The summed E-state index contributed by atoms with van der Waals surface area (Å²) in [6.07, 6.45) is 2.61. The highest BCUT2D eigenvalue weighted by Crippen LogP contribution is 2.26. The summed E-state index contributed by atoms with van der Waals surface area (Å²) in [5, 5.41) is 3.51. The molecule has 0 aromatic heterocycles. The zero-order valence-electron chi connectivity index (χ0n) is 9.48. The van der Waals surface area contributed by atoms with Crippen molar-refractivity contribution in [3.8, 4) is 0 Å². The van der Waals surface area contributed by atoms with Crippen molar-refractivity contribution >= 4 is 0 Å². The molecule has 1 heteroatoms. The van der Waals surface area contributed by atoms with Crippen molar-refractivity contribution in [1.29, 1.82) is 0 Å². The van der Waals surface area contributed by atoms with Crippen molar-refractivity contribution in [3.63, 3.8) is 0 Å². The Morgan fingerprint density at radius 3 is 2.15 bits per heavy atom. The Hall–Kier alpha value is -0.300. The van der Waals surface area contributed by atoms with Gasteiger partial charge in [0.25, 0.3) is 0 Å². The van der Waals surface area contributed by atoms with E-state index in [1.807, 2.05) is 0 Å². The van der Waals surface area contributed by atoms with E-state index < -0.39 is 0 Å². The van der Waals surface area contributed by atoms with Crippen LogP contribution in [0.5, 0.6) is 0 Å². The van der Waals surface area contributed by atoms with Gasteiger partial charge in [-0.05, 0) is 31.2 Å². The topological polar surface area (TPSA) is 12.0 Å². The fraction of sp³-hybridized carbons (Fsp3) is 0.833. The van der Waals surface area contributed by atoms with Gasteiger partial charge in [-0.1, -0.05) is 38.8 Å². The lowest BCUT2D eigenvalue weighted by Gasteiger charge is -2.18. The molecule has 0 unspecified atom stereocenters. The molecule has 1 rings (SSSR count). The highest BCUT2D eigenvalue weighted by molar-refractivity contribution is 5.20. The van der Waals surface area contributed by atoms with Gasteiger partial charge in [-0.25, -0.2) is 0 Å². The Morgan fingerprint density at radius 1 is 1.00 bits per heavy atom. The molecule has 0 fully saturated rings. The first-order chi connectivity index (χ1) is 6.13. The summed E-state index contributed by atoms with van der Waals surface area (Å²) >= 11 is 0. The third-order valence-corrected chi connectivity index (χ3v) is 2.92. The Kier molecular flexibility index (Phi) is 3.98. The maximum atomic E-state index is 3.51. The number of hydrogen-bond acceptors (Lipinski definition) is 1. The van der Waals surface area contributed by atoms with Gasteiger partial charge >= 0.3 is 0 Å². The lowest BCUT2D eigenvalue weighted by atomic mass is 9.88. The van der Waals surface area contributed by atoms with E-state index in [0.29, 0.717) is 5.92 Å². The lowest BCUT2D eigenvalue weighted by molar-refractivity contribution is 0.652. The van der Waals surface area contributed by atoms with Crippen LogP contribution in [0.4, 0.5) is 0 Å². The summed E-state index contributed by atoms with van der Waals surface area (Å²) in [6, 6.07) is 0. The Balaban J connectivity index is 2.85. The predicted molar refractivity (Wildman–Crippen MR) is 58.8 cm³/mol. The van der Waals surface area contributed by atoms with Crippen molar-refractivity contribution in [1.82, 2.24) is 5.32 Å². The van der Waals surface area contributed by atoms with Gasteiger partial charge in [-0.2, -0.15) is 0 Å². The minimum absolute atomic E-state index is 0.711. The Labute approximate surface area is 82.6 Å². The fourth-order valence-electron chi connectivity index (χ4n) is 2.14. The van der Waals surface area contributed by atoms with E-state index in [-0.39, 0.29) is 0 Å². The van der Waals surface area contributed by atoms with Crippen LogP contribution in [0.2, 0.25) is 0 Å². The minimum atomic E-state index is 0.711. The molecule has 13 heavy (non-hydrogen) atoms. The summed E-state index contributed by atoms with van der Waals surface area (Å²) in [5.74, 6) is 1.44. The van der Waals surface area contributed by atoms with Crippen LogP contribution in [0.15, 0.2) is 11.1 Å². The van der Waals surface area contributed by atoms with E-state index in [2.05, 4.69) is 33.0 Å². The van der Waals surface area contributed by atoms with Crippen LogP contribution in [0, 0.1) is 11.8 Å². The van der Waals surface area contributed by atoms with Gasteiger partial charge in [0.1, 0.15) is 0 Å². The zero-order valence-corrected chi connectivity index (χ0v) is 9.48. The number of nitrogens with one attached hydrogen (secondary N) is 1. The minimum Gasteiger partial charge on any atom is -0.313 e. The van der Waals surface area contributed by atoms with Crippen LogP contribution < -0.4 is 5.32 Å². The van der Waals surface area contributed by atoms with Crippen molar-refractivity contribution in [3.05, 3.63) is 11.1 Å². The molecule has 0 atom stereocenters. The van der Waals surface area contributed by atoms with Crippen LogP contribution in [-0.2, 0) is 0 Å². The van der Waals surface area contributed by atoms with E-state index in [1.165, 1.54) is 19.4 Å². The number of allylic oxidation sites excluding steroid dienone is 1.